The fourth-order valence-electron chi connectivity index (χ4n) is 3.42. The van der Waals surface area contributed by atoms with Crippen LogP contribution in [-0.4, -0.2) is 62.0 Å². The van der Waals surface area contributed by atoms with Crippen molar-refractivity contribution in [2.75, 3.05) is 43.6 Å². The third-order valence-corrected chi connectivity index (χ3v) is 4.49. The van der Waals surface area contributed by atoms with Crippen LogP contribution in [0.1, 0.15) is 32.8 Å². The number of nitrogens with zero attached hydrogens (tertiary/aromatic N) is 2. The first-order valence-corrected chi connectivity index (χ1v) is 9.51. The highest BCUT2D eigenvalue weighted by molar-refractivity contribution is 6.09. The molecule has 8 nitrogen and oxygen atoms in total. The second kappa shape index (κ2) is 9.48. The van der Waals surface area contributed by atoms with Gasteiger partial charge in [-0.3, -0.25) is 19.3 Å². The minimum Gasteiger partial charge on any atom is -0.370 e. The van der Waals surface area contributed by atoms with Gasteiger partial charge in [-0.1, -0.05) is 20.8 Å². The SMILES string of the molecule is CN(CC(C)(C)C)[C@H](C(N)=O)C(=O)Nc1ccc(N2CCOCC2=O)c(C(F)F)c1. The van der Waals surface area contributed by atoms with Crippen LogP contribution < -0.4 is 16.0 Å². The molecule has 1 aliphatic heterocycles. The summed E-state index contributed by atoms with van der Waals surface area (Å²) < 4.78 is 32.4. The van der Waals surface area contributed by atoms with Crippen LogP contribution >= 0.6 is 0 Å². The molecule has 166 valence electrons. The molecule has 0 saturated carbocycles. The predicted octanol–water partition coefficient (Wildman–Crippen LogP) is 1.76. The Bertz CT molecular complexity index is 810. The van der Waals surface area contributed by atoms with Gasteiger partial charge in [0.15, 0.2) is 6.04 Å². The molecule has 0 radical (unpaired) electrons. The van der Waals surface area contributed by atoms with Crippen molar-refractivity contribution in [1.82, 2.24) is 4.90 Å². The molecule has 30 heavy (non-hydrogen) atoms. The first-order valence-electron chi connectivity index (χ1n) is 9.51. The normalized spacial score (nSPS) is 16.1. The van der Waals surface area contributed by atoms with Crippen LogP contribution in [0.25, 0.3) is 0 Å². The molecule has 0 unspecified atom stereocenters. The molecule has 0 aliphatic carbocycles. The van der Waals surface area contributed by atoms with E-state index in [4.69, 9.17) is 10.5 Å². The molecule has 1 aliphatic rings. The maximum Gasteiger partial charge on any atom is 0.265 e. The Hall–Kier alpha value is -2.59. The number of morpholine rings is 1. The summed E-state index contributed by atoms with van der Waals surface area (Å²) in [4.78, 5) is 39.3. The maximum atomic E-state index is 13.7. The van der Waals surface area contributed by atoms with Crippen molar-refractivity contribution in [3.63, 3.8) is 0 Å². The zero-order valence-corrected chi connectivity index (χ0v) is 17.6. The summed E-state index contributed by atoms with van der Waals surface area (Å²) in [6, 6.07) is 2.59. The second-order valence-electron chi connectivity index (χ2n) is 8.44. The van der Waals surface area contributed by atoms with Crippen molar-refractivity contribution in [2.24, 2.45) is 11.1 Å². The number of hydrogen-bond donors (Lipinski definition) is 2. The van der Waals surface area contributed by atoms with Crippen LogP contribution in [0.4, 0.5) is 20.2 Å². The quantitative estimate of drug-likeness (QED) is 0.647. The van der Waals surface area contributed by atoms with Crippen molar-refractivity contribution in [3.05, 3.63) is 23.8 Å². The number of rotatable bonds is 7. The van der Waals surface area contributed by atoms with Crippen LogP contribution in [0, 0.1) is 5.41 Å². The third kappa shape index (κ3) is 5.96. The van der Waals surface area contributed by atoms with Gasteiger partial charge in [-0.15, -0.1) is 0 Å². The van der Waals surface area contributed by atoms with Gasteiger partial charge in [0.05, 0.1) is 12.3 Å². The first kappa shape index (κ1) is 23.7. The molecular formula is C20H28F2N4O4. The van der Waals surface area contributed by atoms with Gasteiger partial charge in [0, 0.05) is 24.3 Å². The van der Waals surface area contributed by atoms with E-state index in [0.717, 1.165) is 6.07 Å². The summed E-state index contributed by atoms with van der Waals surface area (Å²) >= 11 is 0. The average Bonchev–Trinajstić information content (AvgIpc) is 2.60. The van der Waals surface area contributed by atoms with Crippen molar-refractivity contribution in [1.29, 1.82) is 0 Å². The van der Waals surface area contributed by atoms with E-state index in [-0.39, 0.29) is 36.5 Å². The number of carbonyl (C=O) groups excluding carboxylic acids is 3. The van der Waals surface area contributed by atoms with E-state index < -0.39 is 35.8 Å². The van der Waals surface area contributed by atoms with Gasteiger partial charge >= 0.3 is 0 Å². The fraction of sp³-hybridized carbons (Fsp3) is 0.550. The summed E-state index contributed by atoms with van der Waals surface area (Å²) in [5.41, 5.74) is 4.95. The number of nitrogens with one attached hydrogen (secondary N) is 1. The van der Waals surface area contributed by atoms with Gasteiger partial charge in [0.25, 0.3) is 18.2 Å². The molecule has 3 N–H and O–H groups in total. The lowest BCUT2D eigenvalue weighted by molar-refractivity contribution is -0.132. The minimum absolute atomic E-state index is 0.0626. The number of carbonyl (C=O) groups is 3. The highest BCUT2D eigenvalue weighted by Gasteiger charge is 2.32. The van der Waals surface area contributed by atoms with E-state index in [0.29, 0.717) is 6.54 Å². The number of amides is 3. The minimum atomic E-state index is -2.87. The van der Waals surface area contributed by atoms with Gasteiger partial charge in [0.1, 0.15) is 6.61 Å². The molecule has 1 aromatic rings. The number of ether oxygens (including phenoxy) is 1. The van der Waals surface area contributed by atoms with Crippen molar-refractivity contribution in [2.45, 2.75) is 33.2 Å². The molecule has 1 saturated heterocycles. The standard InChI is InChI=1S/C20H28F2N4O4/c1-20(2,3)11-25(4)16(18(23)28)19(29)24-12-5-6-14(13(9-12)17(21)22)26-7-8-30-10-15(26)27/h5-6,9,16-17H,7-8,10-11H2,1-4H3,(H2,23,28)(H,24,29)/t16-/m1/s1. The Labute approximate surface area is 174 Å². The zero-order chi connectivity index (χ0) is 22.6. The number of hydrogen-bond acceptors (Lipinski definition) is 5. The fourth-order valence-corrected chi connectivity index (χ4v) is 3.42. The molecule has 2 rings (SSSR count). The Kier molecular flexibility index (Phi) is 7.49. The lowest BCUT2D eigenvalue weighted by Crippen LogP contribution is -2.52. The van der Waals surface area contributed by atoms with Gasteiger partial charge < -0.3 is 20.7 Å². The molecule has 1 aromatic carbocycles. The van der Waals surface area contributed by atoms with E-state index in [1.807, 2.05) is 20.8 Å². The topological polar surface area (TPSA) is 105 Å². The molecule has 3 amide bonds. The highest BCUT2D eigenvalue weighted by Crippen LogP contribution is 2.33. The molecule has 1 heterocycles. The van der Waals surface area contributed by atoms with Crippen LogP contribution in [0.3, 0.4) is 0 Å². The largest absolute Gasteiger partial charge is 0.370 e. The van der Waals surface area contributed by atoms with Gasteiger partial charge in [-0.25, -0.2) is 8.78 Å². The van der Waals surface area contributed by atoms with Crippen molar-refractivity contribution < 1.29 is 27.9 Å². The molecule has 10 heteroatoms. The smallest absolute Gasteiger partial charge is 0.265 e. The maximum absolute atomic E-state index is 13.7. The van der Waals surface area contributed by atoms with Crippen LogP contribution in [0.2, 0.25) is 0 Å². The van der Waals surface area contributed by atoms with E-state index in [9.17, 15) is 23.2 Å². The number of alkyl halides is 2. The zero-order valence-electron chi connectivity index (χ0n) is 17.6. The highest BCUT2D eigenvalue weighted by atomic mass is 19.3. The van der Waals surface area contributed by atoms with Gasteiger partial charge in [-0.05, 0) is 30.7 Å². The number of benzene rings is 1. The molecule has 1 fully saturated rings. The number of likely N-dealkylation sites (N-methyl/N-ethyl adjacent to an activating group) is 1. The molecular weight excluding hydrogens is 398 g/mol. The lowest BCUT2D eigenvalue weighted by atomic mass is 9.95. The van der Waals surface area contributed by atoms with Gasteiger partial charge in [0.2, 0.25) is 5.91 Å². The lowest BCUT2D eigenvalue weighted by Gasteiger charge is -2.31. The molecule has 0 bridgehead atoms. The number of nitrogens with two attached hydrogens (primary N) is 1. The molecule has 1 atom stereocenters. The summed E-state index contributed by atoms with van der Waals surface area (Å²) in [6.07, 6.45) is -2.87. The Morgan fingerprint density at radius 1 is 1.33 bits per heavy atom. The molecule has 0 aromatic heterocycles. The number of anilines is 2. The van der Waals surface area contributed by atoms with Crippen LogP contribution in [-0.2, 0) is 19.1 Å². The van der Waals surface area contributed by atoms with Crippen LogP contribution in [0.5, 0.6) is 0 Å². The Morgan fingerprint density at radius 3 is 2.53 bits per heavy atom. The molecule has 0 spiro atoms. The third-order valence-electron chi connectivity index (χ3n) is 4.49. The predicted molar refractivity (Wildman–Crippen MR) is 108 cm³/mol. The Balaban J connectivity index is 2.26. The first-order chi connectivity index (χ1) is 13.9. The summed E-state index contributed by atoms with van der Waals surface area (Å²) in [5.74, 6) is -1.98. The van der Waals surface area contributed by atoms with E-state index in [2.05, 4.69) is 5.32 Å². The number of primary amides is 1. The number of halogens is 2. The second-order valence-corrected chi connectivity index (χ2v) is 8.44. The van der Waals surface area contributed by atoms with E-state index in [1.165, 1.54) is 21.9 Å². The average molecular weight is 426 g/mol. The summed E-state index contributed by atoms with van der Waals surface area (Å²) in [5, 5.41) is 2.48. The summed E-state index contributed by atoms with van der Waals surface area (Å²) in [7, 11) is 1.60. The van der Waals surface area contributed by atoms with Crippen molar-refractivity contribution >= 4 is 29.1 Å². The van der Waals surface area contributed by atoms with E-state index >= 15 is 0 Å². The van der Waals surface area contributed by atoms with Crippen LogP contribution in [0.15, 0.2) is 18.2 Å². The van der Waals surface area contributed by atoms with E-state index in [1.54, 1.807) is 7.05 Å². The van der Waals surface area contributed by atoms with Crippen molar-refractivity contribution in [3.8, 4) is 0 Å². The van der Waals surface area contributed by atoms with Gasteiger partial charge in [-0.2, -0.15) is 0 Å². The summed E-state index contributed by atoms with van der Waals surface area (Å²) in [6.45, 7) is 6.47. The monoisotopic (exact) mass is 426 g/mol. The Morgan fingerprint density at radius 2 is 2.00 bits per heavy atom.